The van der Waals surface area contributed by atoms with Gasteiger partial charge in [-0.3, -0.25) is 9.59 Å². The minimum absolute atomic E-state index is 0.191. The molecule has 0 saturated heterocycles. The van der Waals surface area contributed by atoms with E-state index in [4.69, 9.17) is 0 Å². The van der Waals surface area contributed by atoms with Gasteiger partial charge in [0.2, 0.25) is 0 Å². The van der Waals surface area contributed by atoms with Gasteiger partial charge in [0.05, 0.1) is 11.3 Å². The van der Waals surface area contributed by atoms with Gasteiger partial charge in [-0.15, -0.1) is 0 Å². The number of carbonyl (C=O) groups is 2. The third kappa shape index (κ3) is 2.35. The molecule has 2 rings (SSSR count). The Kier molecular flexibility index (Phi) is 3.61. The summed E-state index contributed by atoms with van der Waals surface area (Å²) >= 11 is 0. The summed E-state index contributed by atoms with van der Waals surface area (Å²) in [7, 11) is 3.73. The molecule has 0 aromatic heterocycles. The van der Waals surface area contributed by atoms with E-state index in [1.165, 1.54) is 0 Å². The Bertz CT molecular complexity index is 544. The summed E-state index contributed by atoms with van der Waals surface area (Å²) in [6, 6.07) is 1.79. The first-order valence-corrected chi connectivity index (χ1v) is 5.92. The largest absolute Gasteiger partial charge is 0.309 e. The summed E-state index contributed by atoms with van der Waals surface area (Å²) in [5, 5.41) is 0. The fraction of sp³-hybridized carbons (Fsp3) is 0.385. The molecule has 0 radical (unpaired) electrons. The van der Waals surface area contributed by atoms with Crippen LogP contribution >= 0.6 is 0 Å². The van der Waals surface area contributed by atoms with Crippen LogP contribution in [0.15, 0.2) is 12.1 Å². The van der Waals surface area contributed by atoms with Gasteiger partial charge in [0.15, 0.2) is 0 Å². The lowest BCUT2D eigenvalue weighted by molar-refractivity contribution is -0.114. The van der Waals surface area contributed by atoms with Gasteiger partial charge >= 0.3 is 0 Å². The smallest absolute Gasteiger partial charge is 0.299 e. The minimum atomic E-state index is -0.975. The number of fused-ring (bicyclic) bond motifs is 1. The number of hydrogen-bond donors (Lipinski definition) is 0. The lowest BCUT2D eigenvalue weighted by Gasteiger charge is -2.18. The first-order chi connectivity index (χ1) is 8.93. The summed E-state index contributed by atoms with van der Waals surface area (Å²) in [6.07, 6.45) is 0.571. The van der Waals surface area contributed by atoms with Crippen molar-refractivity contribution in [2.45, 2.75) is 6.42 Å². The SMILES string of the molecule is CN(C)CCCN1C(=O)C(=O)c2c(F)ccc(F)c21. The minimum Gasteiger partial charge on any atom is -0.309 e. The van der Waals surface area contributed by atoms with Gasteiger partial charge in [-0.1, -0.05) is 0 Å². The Morgan fingerprint density at radius 3 is 2.42 bits per heavy atom. The molecule has 1 amide bonds. The molecule has 0 aliphatic carbocycles. The molecule has 4 nitrogen and oxygen atoms in total. The maximum atomic E-state index is 13.7. The zero-order valence-electron chi connectivity index (χ0n) is 10.7. The van der Waals surface area contributed by atoms with E-state index in [0.29, 0.717) is 13.0 Å². The first kappa shape index (κ1) is 13.6. The van der Waals surface area contributed by atoms with Crippen molar-refractivity contribution in [3.63, 3.8) is 0 Å². The highest BCUT2D eigenvalue weighted by atomic mass is 19.1. The Morgan fingerprint density at radius 1 is 1.16 bits per heavy atom. The van der Waals surface area contributed by atoms with Crippen molar-refractivity contribution in [2.24, 2.45) is 0 Å². The molecule has 6 heteroatoms. The molecule has 1 heterocycles. The van der Waals surface area contributed by atoms with E-state index in [1.807, 2.05) is 19.0 Å². The highest BCUT2D eigenvalue weighted by molar-refractivity contribution is 6.52. The number of nitrogens with zero attached hydrogens (tertiary/aromatic N) is 2. The summed E-state index contributed by atoms with van der Waals surface area (Å²) in [5.74, 6) is -3.44. The number of hydrogen-bond acceptors (Lipinski definition) is 3. The lowest BCUT2D eigenvalue weighted by atomic mass is 10.1. The quantitative estimate of drug-likeness (QED) is 0.776. The molecule has 0 atom stereocenters. The molecular weight excluding hydrogens is 254 g/mol. The number of Topliss-reactive ketones (excluding diaryl/α,β-unsaturated/α-hetero) is 1. The van der Waals surface area contributed by atoms with E-state index in [-0.39, 0.29) is 12.2 Å². The third-order valence-corrected chi connectivity index (χ3v) is 3.00. The number of benzene rings is 1. The van der Waals surface area contributed by atoms with Crippen LogP contribution in [0, 0.1) is 11.6 Å². The van der Waals surface area contributed by atoms with Gasteiger partial charge in [0.25, 0.3) is 11.7 Å². The standard InChI is InChI=1S/C13H14F2N2O2/c1-16(2)6-3-7-17-11-9(15)5-4-8(14)10(11)12(18)13(17)19/h4-5H,3,6-7H2,1-2H3. The van der Waals surface area contributed by atoms with Gasteiger partial charge in [-0.05, 0) is 39.2 Å². The first-order valence-electron chi connectivity index (χ1n) is 5.92. The molecule has 0 unspecified atom stereocenters. The van der Waals surface area contributed by atoms with Crippen LogP contribution in [-0.2, 0) is 4.79 Å². The maximum absolute atomic E-state index is 13.7. The van der Waals surface area contributed by atoms with Gasteiger partial charge in [-0.25, -0.2) is 8.78 Å². The average molecular weight is 268 g/mol. The van der Waals surface area contributed by atoms with Gasteiger partial charge in [-0.2, -0.15) is 0 Å². The van der Waals surface area contributed by atoms with Crippen LogP contribution in [0.4, 0.5) is 14.5 Å². The Morgan fingerprint density at radius 2 is 1.79 bits per heavy atom. The van der Waals surface area contributed by atoms with Gasteiger partial charge < -0.3 is 9.80 Å². The third-order valence-electron chi connectivity index (χ3n) is 3.00. The zero-order chi connectivity index (χ0) is 14.2. The summed E-state index contributed by atoms with van der Waals surface area (Å²) in [4.78, 5) is 26.4. The van der Waals surface area contributed by atoms with Crippen molar-refractivity contribution in [3.05, 3.63) is 29.3 Å². The second kappa shape index (κ2) is 5.05. The van der Waals surface area contributed by atoms with E-state index >= 15 is 0 Å². The van der Waals surface area contributed by atoms with Crippen LogP contribution in [0.3, 0.4) is 0 Å². The van der Waals surface area contributed by atoms with Crippen LogP contribution in [0.5, 0.6) is 0 Å². The number of ketones is 1. The fourth-order valence-corrected chi connectivity index (χ4v) is 2.11. The normalized spacial score (nSPS) is 14.5. The molecule has 19 heavy (non-hydrogen) atoms. The number of carbonyl (C=O) groups excluding carboxylic acids is 2. The van der Waals surface area contributed by atoms with Crippen LogP contribution in [0.2, 0.25) is 0 Å². The van der Waals surface area contributed by atoms with Crippen LogP contribution in [-0.4, -0.2) is 43.8 Å². The maximum Gasteiger partial charge on any atom is 0.299 e. The molecule has 0 spiro atoms. The van der Waals surface area contributed by atoms with E-state index in [1.54, 1.807) is 0 Å². The van der Waals surface area contributed by atoms with Gasteiger partial charge in [0, 0.05) is 6.54 Å². The molecule has 0 saturated carbocycles. The Balaban J connectivity index is 2.31. The second-order valence-corrected chi connectivity index (χ2v) is 4.70. The van der Waals surface area contributed by atoms with Crippen molar-refractivity contribution in [3.8, 4) is 0 Å². The monoisotopic (exact) mass is 268 g/mol. The van der Waals surface area contributed by atoms with Crippen molar-refractivity contribution < 1.29 is 18.4 Å². The highest BCUT2D eigenvalue weighted by Crippen LogP contribution is 2.33. The summed E-state index contributed by atoms with van der Waals surface area (Å²) < 4.78 is 27.3. The molecular formula is C13H14F2N2O2. The predicted octanol–water partition coefficient (Wildman–Crippen LogP) is 1.45. The molecule has 1 aliphatic rings. The topological polar surface area (TPSA) is 40.6 Å². The van der Waals surface area contributed by atoms with Crippen LogP contribution in [0.25, 0.3) is 0 Å². The molecule has 1 aromatic rings. The van der Waals surface area contributed by atoms with E-state index in [2.05, 4.69) is 0 Å². The number of amides is 1. The fourth-order valence-electron chi connectivity index (χ4n) is 2.11. The molecule has 102 valence electrons. The Hall–Kier alpha value is -1.82. The van der Waals surface area contributed by atoms with Crippen LogP contribution in [0.1, 0.15) is 16.8 Å². The van der Waals surface area contributed by atoms with E-state index in [9.17, 15) is 18.4 Å². The van der Waals surface area contributed by atoms with Crippen molar-refractivity contribution >= 4 is 17.4 Å². The number of anilines is 1. The second-order valence-electron chi connectivity index (χ2n) is 4.70. The predicted molar refractivity (Wildman–Crippen MR) is 66.2 cm³/mol. The molecule has 1 aliphatic heterocycles. The van der Waals surface area contributed by atoms with Crippen molar-refractivity contribution in [2.75, 3.05) is 32.1 Å². The number of rotatable bonds is 4. The molecule has 0 bridgehead atoms. The van der Waals surface area contributed by atoms with Crippen molar-refractivity contribution in [1.82, 2.24) is 4.90 Å². The van der Waals surface area contributed by atoms with Crippen molar-refractivity contribution in [1.29, 1.82) is 0 Å². The molecule has 0 N–H and O–H groups in total. The van der Waals surface area contributed by atoms with E-state index < -0.39 is 28.9 Å². The summed E-state index contributed by atoms with van der Waals surface area (Å²) in [6.45, 7) is 0.875. The van der Waals surface area contributed by atoms with Crippen LogP contribution < -0.4 is 4.90 Å². The van der Waals surface area contributed by atoms with Gasteiger partial charge in [0.1, 0.15) is 11.6 Å². The number of halogens is 2. The summed E-state index contributed by atoms with van der Waals surface area (Å²) in [5.41, 5.74) is -0.677. The zero-order valence-corrected chi connectivity index (χ0v) is 10.7. The molecule has 1 aromatic carbocycles. The molecule has 0 fully saturated rings. The highest BCUT2D eigenvalue weighted by Gasteiger charge is 2.40. The average Bonchev–Trinajstić information content (AvgIpc) is 2.59. The lowest BCUT2D eigenvalue weighted by Crippen LogP contribution is -2.32. The Labute approximate surface area is 109 Å². The van der Waals surface area contributed by atoms with E-state index in [0.717, 1.165) is 17.0 Å².